The van der Waals surface area contributed by atoms with Crippen LogP contribution in [-0.2, 0) is 21.2 Å². The van der Waals surface area contributed by atoms with Crippen molar-refractivity contribution in [3.05, 3.63) is 77.4 Å². The van der Waals surface area contributed by atoms with E-state index in [-0.39, 0.29) is 18.8 Å². The maximum atomic E-state index is 12.9. The van der Waals surface area contributed by atoms with Gasteiger partial charge in [0.15, 0.2) is 0 Å². The second kappa shape index (κ2) is 8.73. The summed E-state index contributed by atoms with van der Waals surface area (Å²) in [4.78, 5) is 30.7. The van der Waals surface area contributed by atoms with Crippen LogP contribution in [0.1, 0.15) is 5.56 Å². The van der Waals surface area contributed by atoms with Gasteiger partial charge in [-0.3, -0.25) is 9.78 Å². The van der Waals surface area contributed by atoms with Gasteiger partial charge in [0.1, 0.15) is 6.54 Å². The molecule has 0 bridgehead atoms. The Hall–Kier alpha value is -3.44. The molecule has 2 aromatic carbocycles. The number of rotatable bonds is 5. The molecule has 0 aliphatic carbocycles. The third-order valence-corrected chi connectivity index (χ3v) is 6.84. The maximum absolute atomic E-state index is 12.9. The van der Waals surface area contributed by atoms with Crippen molar-refractivity contribution >= 4 is 39.1 Å². The van der Waals surface area contributed by atoms with Crippen molar-refractivity contribution in [3.8, 4) is 11.3 Å². The molecule has 0 saturated carbocycles. The molecule has 1 fully saturated rings. The second-order valence-corrected chi connectivity index (χ2v) is 9.74. The number of imide groups is 1. The average molecular weight is 510 g/mol. The molecule has 3 amide bonds. The number of hydrogen-bond acceptors (Lipinski definition) is 5. The molecular weight excluding hydrogens is 495 g/mol. The Labute approximate surface area is 197 Å². The fourth-order valence-corrected chi connectivity index (χ4v) is 4.29. The van der Waals surface area contributed by atoms with Gasteiger partial charge < -0.3 is 4.90 Å². The Morgan fingerprint density at radius 3 is 2.24 bits per heavy atom. The minimum atomic E-state index is -5.54. The van der Waals surface area contributed by atoms with E-state index < -0.39 is 32.2 Å². The van der Waals surface area contributed by atoms with Crippen LogP contribution in [0.3, 0.4) is 0 Å². The van der Waals surface area contributed by atoms with E-state index in [4.69, 9.17) is 11.6 Å². The van der Waals surface area contributed by atoms with Crippen molar-refractivity contribution in [1.29, 1.82) is 0 Å². The van der Waals surface area contributed by atoms with Crippen LogP contribution in [0.15, 0.2) is 71.8 Å². The summed E-state index contributed by atoms with van der Waals surface area (Å²) in [5, 5.41) is 0.574. The van der Waals surface area contributed by atoms with Gasteiger partial charge >= 0.3 is 11.5 Å². The predicted octanol–water partition coefficient (Wildman–Crippen LogP) is 4.66. The van der Waals surface area contributed by atoms with Gasteiger partial charge in [-0.2, -0.15) is 13.2 Å². The zero-order chi connectivity index (χ0) is 24.7. The molecule has 34 heavy (non-hydrogen) atoms. The number of halogens is 4. The number of benzene rings is 2. The van der Waals surface area contributed by atoms with E-state index in [1.807, 2.05) is 0 Å². The summed E-state index contributed by atoms with van der Waals surface area (Å²) < 4.78 is 61.3. The molecule has 0 N–H and O–H groups in total. The van der Waals surface area contributed by atoms with Crippen LogP contribution in [0.4, 0.5) is 23.7 Å². The molecule has 4 rings (SSSR count). The normalized spacial score (nSPS) is 14.7. The van der Waals surface area contributed by atoms with Crippen LogP contribution in [0.5, 0.6) is 0 Å². The SMILES string of the molecule is O=C1CN(Cc2ccnc(-c3ccc(Cl)cc3)c2)C(=O)N1c1ccc(S(=O)(=O)C(F)(F)F)cc1. The quantitative estimate of drug-likeness (QED) is 0.467. The summed E-state index contributed by atoms with van der Waals surface area (Å²) in [5.41, 5.74) is -3.33. The fraction of sp³-hybridized carbons (Fsp3) is 0.136. The Kier molecular flexibility index (Phi) is 6.09. The second-order valence-electron chi connectivity index (χ2n) is 7.37. The number of carbonyl (C=O) groups is 2. The lowest BCUT2D eigenvalue weighted by atomic mass is 10.1. The zero-order valence-electron chi connectivity index (χ0n) is 17.2. The number of anilines is 1. The first-order chi connectivity index (χ1) is 16.0. The molecule has 1 aliphatic rings. The van der Waals surface area contributed by atoms with Gasteiger partial charge in [-0.05, 0) is 54.1 Å². The average Bonchev–Trinajstić information content (AvgIpc) is 3.06. The summed E-state index contributed by atoms with van der Waals surface area (Å²) in [7, 11) is -5.54. The van der Waals surface area contributed by atoms with Crippen LogP contribution < -0.4 is 4.90 Å². The monoisotopic (exact) mass is 509 g/mol. The highest BCUT2D eigenvalue weighted by Gasteiger charge is 2.47. The molecule has 1 aromatic heterocycles. The van der Waals surface area contributed by atoms with Crippen LogP contribution in [0, 0.1) is 0 Å². The van der Waals surface area contributed by atoms with Gasteiger partial charge in [0, 0.05) is 23.3 Å². The molecule has 176 valence electrons. The van der Waals surface area contributed by atoms with Crippen molar-refractivity contribution in [1.82, 2.24) is 9.88 Å². The Morgan fingerprint density at radius 1 is 0.971 bits per heavy atom. The van der Waals surface area contributed by atoms with E-state index >= 15 is 0 Å². The Bertz CT molecular complexity index is 1360. The highest BCUT2D eigenvalue weighted by atomic mass is 35.5. The van der Waals surface area contributed by atoms with E-state index in [0.29, 0.717) is 28.4 Å². The van der Waals surface area contributed by atoms with Gasteiger partial charge in [0.05, 0.1) is 16.3 Å². The topological polar surface area (TPSA) is 87.7 Å². The van der Waals surface area contributed by atoms with Crippen molar-refractivity contribution in [3.63, 3.8) is 0 Å². The highest BCUT2D eigenvalue weighted by molar-refractivity contribution is 7.92. The minimum Gasteiger partial charge on any atom is -0.310 e. The first kappa shape index (κ1) is 23.7. The molecule has 0 spiro atoms. The van der Waals surface area contributed by atoms with Crippen LogP contribution >= 0.6 is 11.6 Å². The molecule has 1 aliphatic heterocycles. The third kappa shape index (κ3) is 4.48. The number of alkyl halides is 3. The number of hydrogen-bond donors (Lipinski definition) is 0. The molecule has 0 atom stereocenters. The largest absolute Gasteiger partial charge is 0.501 e. The van der Waals surface area contributed by atoms with Crippen molar-refractivity contribution < 1.29 is 31.2 Å². The molecule has 2 heterocycles. The van der Waals surface area contributed by atoms with Gasteiger partial charge in [0.25, 0.3) is 15.7 Å². The first-order valence-corrected chi connectivity index (χ1v) is 11.6. The molecular formula is C22H15ClF3N3O4S. The summed E-state index contributed by atoms with van der Waals surface area (Å²) in [6, 6.07) is 13.2. The van der Waals surface area contributed by atoms with Crippen molar-refractivity contribution in [2.45, 2.75) is 16.9 Å². The molecule has 1 saturated heterocycles. The number of urea groups is 1. The zero-order valence-corrected chi connectivity index (χ0v) is 18.7. The number of sulfone groups is 1. The van der Waals surface area contributed by atoms with E-state index in [9.17, 15) is 31.2 Å². The maximum Gasteiger partial charge on any atom is 0.501 e. The van der Waals surface area contributed by atoms with E-state index in [1.54, 1.807) is 42.6 Å². The lowest BCUT2D eigenvalue weighted by Gasteiger charge is -2.18. The lowest BCUT2D eigenvalue weighted by Crippen LogP contribution is -2.32. The molecule has 0 unspecified atom stereocenters. The smallest absolute Gasteiger partial charge is 0.310 e. The minimum absolute atomic E-state index is 0.0322. The van der Waals surface area contributed by atoms with E-state index in [2.05, 4.69) is 4.98 Å². The van der Waals surface area contributed by atoms with E-state index in [0.717, 1.165) is 22.6 Å². The van der Waals surface area contributed by atoms with E-state index in [1.165, 1.54) is 4.90 Å². The standard InChI is InChI=1S/C22H15ClF3N3O4S/c23-16-3-1-15(2-4-16)19-11-14(9-10-27-19)12-28-13-20(30)29(21(28)31)17-5-7-18(8-6-17)34(32,33)22(24,25)26/h1-11H,12-13H2. The number of nitrogens with zero attached hydrogens (tertiary/aromatic N) is 3. The molecule has 12 heteroatoms. The number of aromatic nitrogens is 1. The van der Waals surface area contributed by atoms with Crippen LogP contribution in [0.25, 0.3) is 11.3 Å². The fourth-order valence-electron chi connectivity index (χ4n) is 3.41. The number of amides is 3. The van der Waals surface area contributed by atoms with Gasteiger partial charge in [0.2, 0.25) is 0 Å². The molecule has 3 aromatic rings. The van der Waals surface area contributed by atoms with Crippen LogP contribution in [-0.4, -0.2) is 42.3 Å². The third-order valence-electron chi connectivity index (χ3n) is 5.09. The highest BCUT2D eigenvalue weighted by Crippen LogP contribution is 2.32. The first-order valence-electron chi connectivity index (χ1n) is 9.71. The van der Waals surface area contributed by atoms with Gasteiger partial charge in [-0.15, -0.1) is 0 Å². The summed E-state index contributed by atoms with van der Waals surface area (Å²) in [5.74, 6) is -0.594. The lowest BCUT2D eigenvalue weighted by molar-refractivity contribution is -0.116. The van der Waals surface area contributed by atoms with Gasteiger partial charge in [-0.1, -0.05) is 23.7 Å². The van der Waals surface area contributed by atoms with Crippen molar-refractivity contribution in [2.24, 2.45) is 0 Å². The van der Waals surface area contributed by atoms with Crippen LogP contribution in [0.2, 0.25) is 5.02 Å². The summed E-state index contributed by atoms with van der Waals surface area (Å²) >= 11 is 5.91. The Morgan fingerprint density at radius 2 is 1.62 bits per heavy atom. The Balaban J connectivity index is 1.53. The number of pyridine rings is 1. The number of carbonyl (C=O) groups excluding carboxylic acids is 2. The molecule has 0 radical (unpaired) electrons. The van der Waals surface area contributed by atoms with Gasteiger partial charge in [-0.25, -0.2) is 18.1 Å². The summed E-state index contributed by atoms with van der Waals surface area (Å²) in [6.07, 6.45) is 1.57. The molecule has 7 nitrogen and oxygen atoms in total. The summed E-state index contributed by atoms with van der Waals surface area (Å²) in [6.45, 7) is -0.162. The van der Waals surface area contributed by atoms with Crippen molar-refractivity contribution in [2.75, 3.05) is 11.4 Å². The predicted molar refractivity (Wildman–Crippen MR) is 118 cm³/mol.